The summed E-state index contributed by atoms with van der Waals surface area (Å²) in [5, 5.41) is 0. The standard InChI is InChI=1S/C40H37F5/c1-27-11-14-33(26-37(27)42)35-21-13-29(24-39(35)44)10-8-6-4-2-3-5-7-9-28-12-20-34(38(43)23-28)31-17-15-30(16-18-31)32-19-22-36(41)40(45)25-32/h11-26H,2-10H2,1H3. The van der Waals surface area contributed by atoms with Gasteiger partial charge in [-0.2, -0.15) is 0 Å². The summed E-state index contributed by atoms with van der Waals surface area (Å²) in [5.41, 5.74) is 5.98. The van der Waals surface area contributed by atoms with Gasteiger partial charge in [0.15, 0.2) is 11.6 Å². The highest BCUT2D eigenvalue weighted by molar-refractivity contribution is 5.71. The van der Waals surface area contributed by atoms with Gasteiger partial charge in [-0.15, -0.1) is 0 Å². The van der Waals surface area contributed by atoms with E-state index in [2.05, 4.69) is 0 Å². The van der Waals surface area contributed by atoms with Gasteiger partial charge < -0.3 is 0 Å². The van der Waals surface area contributed by atoms with Gasteiger partial charge in [0.2, 0.25) is 0 Å². The van der Waals surface area contributed by atoms with Crippen molar-refractivity contribution >= 4 is 0 Å². The number of benzene rings is 5. The largest absolute Gasteiger partial charge is 0.207 e. The smallest absolute Gasteiger partial charge is 0.159 e. The Morgan fingerprint density at radius 1 is 0.356 bits per heavy atom. The maximum atomic E-state index is 14.9. The summed E-state index contributed by atoms with van der Waals surface area (Å²) in [7, 11) is 0. The van der Waals surface area contributed by atoms with Crippen LogP contribution in [-0.2, 0) is 12.8 Å². The van der Waals surface area contributed by atoms with Crippen LogP contribution in [0.3, 0.4) is 0 Å². The maximum Gasteiger partial charge on any atom is 0.159 e. The monoisotopic (exact) mass is 612 g/mol. The van der Waals surface area contributed by atoms with Crippen molar-refractivity contribution in [2.45, 2.75) is 64.7 Å². The van der Waals surface area contributed by atoms with Gasteiger partial charge in [-0.1, -0.05) is 98.8 Å². The zero-order chi connectivity index (χ0) is 31.8. The number of rotatable bonds is 13. The normalized spacial score (nSPS) is 11.2. The van der Waals surface area contributed by atoms with E-state index in [1.165, 1.54) is 12.1 Å². The molecule has 0 aliphatic heterocycles. The Balaban J connectivity index is 0.991. The minimum absolute atomic E-state index is 0.272. The van der Waals surface area contributed by atoms with Crippen molar-refractivity contribution in [2.24, 2.45) is 0 Å². The number of aryl methyl sites for hydroxylation is 3. The Morgan fingerprint density at radius 3 is 1.36 bits per heavy atom. The molecule has 0 saturated carbocycles. The molecule has 5 aromatic rings. The summed E-state index contributed by atoms with van der Waals surface area (Å²) < 4.78 is 70.3. The molecule has 0 fully saturated rings. The van der Waals surface area contributed by atoms with Crippen LogP contribution in [0, 0.1) is 36.0 Å². The van der Waals surface area contributed by atoms with Gasteiger partial charge in [0, 0.05) is 11.1 Å². The highest BCUT2D eigenvalue weighted by Crippen LogP contribution is 2.29. The summed E-state index contributed by atoms with van der Waals surface area (Å²) in [6, 6.07) is 26.3. The van der Waals surface area contributed by atoms with E-state index >= 15 is 0 Å². The average molecular weight is 613 g/mol. The van der Waals surface area contributed by atoms with Gasteiger partial charge in [-0.3, -0.25) is 0 Å². The second-order valence-electron chi connectivity index (χ2n) is 11.8. The first-order chi connectivity index (χ1) is 21.8. The van der Waals surface area contributed by atoms with Gasteiger partial charge >= 0.3 is 0 Å². The third kappa shape index (κ3) is 8.48. The lowest BCUT2D eigenvalue weighted by atomic mass is 9.97. The molecule has 0 unspecified atom stereocenters. The van der Waals surface area contributed by atoms with E-state index in [0.717, 1.165) is 92.2 Å². The summed E-state index contributed by atoms with van der Waals surface area (Å²) in [5.74, 6) is -2.70. The van der Waals surface area contributed by atoms with E-state index in [-0.39, 0.29) is 17.5 Å². The molecule has 5 rings (SSSR count). The van der Waals surface area contributed by atoms with Crippen LogP contribution in [0.2, 0.25) is 0 Å². The quantitative estimate of drug-likeness (QED) is 0.0917. The Bertz CT molecular complexity index is 1740. The third-order valence-corrected chi connectivity index (χ3v) is 8.43. The number of halogens is 5. The molecule has 0 nitrogen and oxygen atoms in total. The second-order valence-corrected chi connectivity index (χ2v) is 11.8. The molecule has 0 saturated heterocycles. The van der Waals surface area contributed by atoms with Gasteiger partial charge in [-0.05, 0) is 102 Å². The lowest BCUT2D eigenvalue weighted by molar-refractivity contribution is 0.509. The fraction of sp³-hybridized carbons (Fsp3) is 0.250. The Morgan fingerprint density at radius 2 is 0.822 bits per heavy atom. The third-order valence-electron chi connectivity index (χ3n) is 8.43. The van der Waals surface area contributed by atoms with Crippen molar-refractivity contribution in [3.05, 3.63) is 143 Å². The molecule has 0 aliphatic rings. The van der Waals surface area contributed by atoms with Gasteiger partial charge in [0.25, 0.3) is 0 Å². The second kappa shape index (κ2) is 15.2. The minimum Gasteiger partial charge on any atom is -0.207 e. The van der Waals surface area contributed by atoms with Crippen molar-refractivity contribution in [1.29, 1.82) is 0 Å². The molecule has 5 aromatic carbocycles. The van der Waals surface area contributed by atoms with Crippen LogP contribution in [0.4, 0.5) is 22.0 Å². The van der Waals surface area contributed by atoms with Crippen LogP contribution in [0.5, 0.6) is 0 Å². The van der Waals surface area contributed by atoms with E-state index in [1.54, 1.807) is 67.6 Å². The van der Waals surface area contributed by atoms with Crippen LogP contribution < -0.4 is 0 Å². The van der Waals surface area contributed by atoms with Crippen LogP contribution >= 0.6 is 0 Å². The van der Waals surface area contributed by atoms with Gasteiger partial charge in [0.05, 0.1) is 0 Å². The molecule has 0 spiro atoms. The van der Waals surface area contributed by atoms with E-state index < -0.39 is 11.6 Å². The molecule has 0 bridgehead atoms. The summed E-state index contributed by atoms with van der Waals surface area (Å²) in [6.07, 6.45) is 9.20. The van der Waals surface area contributed by atoms with E-state index in [1.807, 2.05) is 12.1 Å². The molecule has 45 heavy (non-hydrogen) atoms. The van der Waals surface area contributed by atoms with Gasteiger partial charge in [0.1, 0.15) is 17.5 Å². The highest BCUT2D eigenvalue weighted by Gasteiger charge is 2.10. The molecule has 0 aromatic heterocycles. The first kappa shape index (κ1) is 32.2. The SMILES string of the molecule is Cc1ccc(-c2ccc(CCCCCCCCCc3ccc(-c4ccc(-c5ccc(F)c(F)c5)cc4)c(F)c3)cc2F)cc1F. The van der Waals surface area contributed by atoms with Crippen molar-refractivity contribution < 1.29 is 22.0 Å². The Labute approximate surface area is 262 Å². The summed E-state index contributed by atoms with van der Waals surface area (Å²) in [6.45, 7) is 1.69. The fourth-order valence-electron chi connectivity index (χ4n) is 5.72. The lowest BCUT2D eigenvalue weighted by Crippen LogP contribution is -1.92. The lowest BCUT2D eigenvalue weighted by Gasteiger charge is -2.09. The van der Waals surface area contributed by atoms with E-state index in [9.17, 15) is 22.0 Å². The zero-order valence-corrected chi connectivity index (χ0v) is 25.5. The molecule has 0 amide bonds. The molecular formula is C40H37F5. The molecular weight excluding hydrogens is 575 g/mol. The molecule has 232 valence electrons. The Hall–Kier alpha value is -4.25. The first-order valence-electron chi connectivity index (χ1n) is 15.7. The number of hydrogen-bond donors (Lipinski definition) is 0. The van der Waals surface area contributed by atoms with E-state index in [0.29, 0.717) is 27.8 Å². The van der Waals surface area contributed by atoms with Crippen LogP contribution in [0.15, 0.2) is 97.1 Å². The summed E-state index contributed by atoms with van der Waals surface area (Å²) in [4.78, 5) is 0. The molecule has 5 heteroatoms. The maximum absolute atomic E-state index is 14.9. The zero-order valence-electron chi connectivity index (χ0n) is 25.5. The molecule has 0 atom stereocenters. The van der Waals surface area contributed by atoms with Gasteiger partial charge in [-0.25, -0.2) is 22.0 Å². The molecule has 0 N–H and O–H groups in total. The van der Waals surface area contributed by atoms with E-state index in [4.69, 9.17) is 0 Å². The molecule has 0 radical (unpaired) electrons. The minimum atomic E-state index is -0.897. The average Bonchev–Trinajstić information content (AvgIpc) is 3.03. The van der Waals surface area contributed by atoms with Crippen molar-refractivity contribution in [2.75, 3.05) is 0 Å². The van der Waals surface area contributed by atoms with Crippen LogP contribution in [0.1, 0.15) is 61.6 Å². The Kier molecular flexibility index (Phi) is 10.8. The predicted octanol–water partition coefficient (Wildman–Crippen LogP) is 12.2. The van der Waals surface area contributed by atoms with Crippen LogP contribution in [0.25, 0.3) is 33.4 Å². The summed E-state index contributed by atoms with van der Waals surface area (Å²) >= 11 is 0. The molecule has 0 aliphatic carbocycles. The van der Waals surface area contributed by atoms with Crippen molar-refractivity contribution in [1.82, 2.24) is 0 Å². The number of unbranched alkanes of at least 4 members (excludes halogenated alkanes) is 6. The van der Waals surface area contributed by atoms with Crippen molar-refractivity contribution in [3.8, 4) is 33.4 Å². The van der Waals surface area contributed by atoms with Crippen molar-refractivity contribution in [3.63, 3.8) is 0 Å². The topological polar surface area (TPSA) is 0 Å². The van der Waals surface area contributed by atoms with Crippen LogP contribution in [-0.4, -0.2) is 0 Å². The highest BCUT2D eigenvalue weighted by atomic mass is 19.2. The predicted molar refractivity (Wildman–Crippen MR) is 173 cm³/mol. The number of hydrogen-bond acceptors (Lipinski definition) is 0. The first-order valence-corrected chi connectivity index (χ1v) is 15.7. The fourth-order valence-corrected chi connectivity index (χ4v) is 5.72. The molecule has 0 heterocycles.